The average Bonchev–Trinajstić information content (AvgIpc) is 3.35. The number of hydrogen-bond acceptors (Lipinski definition) is 4. The normalized spacial score (nSPS) is 12.1. The fraction of sp³-hybridized carbons (Fsp3) is 0.0175. The van der Waals surface area contributed by atoms with Gasteiger partial charge < -0.3 is 9.80 Å². The Morgan fingerprint density at radius 1 is 0.371 bits per heavy atom. The lowest BCUT2D eigenvalue weighted by atomic mass is 9.33. The molecule has 2 aliphatic rings. The average molecular weight is 789 g/mol. The first-order chi connectivity index (χ1) is 30.7. The van der Waals surface area contributed by atoms with Gasteiger partial charge in [-0.05, 0) is 115 Å². The SMILES string of the molecule is N#CCc1ccc(N2c3ccc(-c4ccccc4)cc3B3c4cc(-c5ccccc5)ccc4N(c4ccc(-c5ccccc5)cc4)c4cc(-c5ccccc5)cc2c43)cc1C#N. The topological polar surface area (TPSA) is 54.1 Å². The van der Waals surface area contributed by atoms with E-state index < -0.39 is 0 Å². The number of benzene rings is 9. The lowest BCUT2D eigenvalue weighted by Crippen LogP contribution is -2.61. The Balaban J connectivity index is 1.23. The van der Waals surface area contributed by atoms with Crippen molar-refractivity contribution in [1.29, 1.82) is 10.5 Å². The highest BCUT2D eigenvalue weighted by Gasteiger charge is 2.44. The zero-order chi connectivity index (χ0) is 41.6. The van der Waals surface area contributed by atoms with Crippen LogP contribution in [0.1, 0.15) is 11.1 Å². The second-order valence-electron chi connectivity index (χ2n) is 15.9. The van der Waals surface area contributed by atoms with E-state index in [0.717, 1.165) is 78.6 Å². The van der Waals surface area contributed by atoms with Gasteiger partial charge >= 0.3 is 0 Å². The molecule has 11 rings (SSSR count). The first kappa shape index (κ1) is 36.7. The lowest BCUT2D eigenvalue weighted by molar-refractivity contribution is 1.22. The van der Waals surface area contributed by atoms with Crippen molar-refractivity contribution in [2.45, 2.75) is 6.42 Å². The number of nitriles is 2. The molecule has 0 unspecified atom stereocenters. The molecule has 288 valence electrons. The predicted octanol–water partition coefficient (Wildman–Crippen LogP) is 12.4. The minimum absolute atomic E-state index is 0.133. The number of fused-ring (bicyclic) bond motifs is 4. The van der Waals surface area contributed by atoms with Crippen LogP contribution in [0.5, 0.6) is 0 Å². The predicted molar refractivity (Wildman–Crippen MR) is 256 cm³/mol. The summed E-state index contributed by atoms with van der Waals surface area (Å²) in [6.45, 7) is -0.133. The Morgan fingerprint density at radius 3 is 1.27 bits per heavy atom. The van der Waals surface area contributed by atoms with Crippen molar-refractivity contribution in [3.8, 4) is 56.6 Å². The van der Waals surface area contributed by atoms with Crippen LogP contribution >= 0.6 is 0 Å². The summed E-state index contributed by atoms with van der Waals surface area (Å²) in [4.78, 5) is 4.78. The number of hydrogen-bond donors (Lipinski definition) is 0. The van der Waals surface area contributed by atoms with Crippen molar-refractivity contribution in [3.63, 3.8) is 0 Å². The third-order valence-electron chi connectivity index (χ3n) is 12.4. The van der Waals surface area contributed by atoms with E-state index in [4.69, 9.17) is 0 Å². The van der Waals surface area contributed by atoms with Crippen molar-refractivity contribution in [3.05, 3.63) is 223 Å². The number of anilines is 6. The van der Waals surface area contributed by atoms with Gasteiger partial charge in [0.05, 0.1) is 24.1 Å². The Bertz CT molecular complexity index is 3230. The molecule has 0 N–H and O–H groups in total. The van der Waals surface area contributed by atoms with Gasteiger partial charge in [-0.2, -0.15) is 10.5 Å². The van der Waals surface area contributed by atoms with Crippen LogP contribution in [0.25, 0.3) is 44.5 Å². The largest absolute Gasteiger partial charge is 0.311 e. The van der Waals surface area contributed by atoms with Gasteiger partial charge in [0.15, 0.2) is 0 Å². The van der Waals surface area contributed by atoms with E-state index in [1.54, 1.807) is 0 Å². The monoisotopic (exact) mass is 788 g/mol. The molecule has 0 saturated carbocycles. The molecule has 0 aromatic heterocycles. The van der Waals surface area contributed by atoms with Crippen molar-refractivity contribution in [1.82, 2.24) is 0 Å². The van der Waals surface area contributed by atoms with Crippen LogP contribution in [0.15, 0.2) is 212 Å². The number of rotatable bonds is 7. The third kappa shape index (κ3) is 6.24. The molecule has 2 heterocycles. The molecule has 0 aliphatic carbocycles. The molecule has 0 fully saturated rings. The molecule has 2 aliphatic heterocycles. The molecule has 62 heavy (non-hydrogen) atoms. The van der Waals surface area contributed by atoms with Gasteiger partial charge in [0.2, 0.25) is 0 Å². The Hall–Kier alpha value is -8.38. The van der Waals surface area contributed by atoms with Crippen molar-refractivity contribution in [2.75, 3.05) is 9.80 Å². The maximum atomic E-state index is 10.4. The van der Waals surface area contributed by atoms with Crippen LogP contribution in [-0.4, -0.2) is 6.71 Å². The fourth-order valence-electron chi connectivity index (χ4n) is 9.46. The van der Waals surface area contributed by atoms with Crippen LogP contribution in [0.3, 0.4) is 0 Å². The van der Waals surface area contributed by atoms with E-state index in [1.807, 2.05) is 12.1 Å². The van der Waals surface area contributed by atoms with Crippen LogP contribution in [0, 0.1) is 22.7 Å². The van der Waals surface area contributed by atoms with Gasteiger partial charge in [0.25, 0.3) is 6.71 Å². The van der Waals surface area contributed by atoms with Gasteiger partial charge in [-0.25, -0.2) is 0 Å². The highest BCUT2D eigenvalue weighted by Crippen LogP contribution is 2.47. The van der Waals surface area contributed by atoms with E-state index in [9.17, 15) is 10.5 Å². The standard InChI is InChI=1S/C57H37BN4/c59-32-31-44-23-28-50(33-48(44)38-60)62-54-30-25-46(41-17-9-3-10-18-41)35-52(54)58-51-34-45(40-15-7-2-8-16-40)24-29-53(51)61(49-26-21-43(22-27-49)39-13-5-1-6-14-39)55-36-47(37-56(62)57(55)58)42-19-11-4-12-20-42/h1-30,33-37H,31H2. The van der Waals surface area contributed by atoms with E-state index in [0.29, 0.717) is 5.56 Å². The first-order valence-electron chi connectivity index (χ1n) is 20.9. The Morgan fingerprint density at radius 2 is 0.790 bits per heavy atom. The minimum atomic E-state index is -0.133. The molecule has 4 nitrogen and oxygen atoms in total. The van der Waals surface area contributed by atoms with E-state index in [1.165, 1.54) is 22.0 Å². The molecule has 0 spiro atoms. The maximum Gasteiger partial charge on any atom is 0.252 e. The molecule has 9 aromatic carbocycles. The van der Waals surface area contributed by atoms with Gasteiger partial charge in [-0.3, -0.25) is 0 Å². The molecule has 9 aromatic rings. The van der Waals surface area contributed by atoms with Crippen LogP contribution in [0.2, 0.25) is 0 Å². The van der Waals surface area contributed by atoms with Gasteiger partial charge in [0, 0.05) is 34.1 Å². The third-order valence-corrected chi connectivity index (χ3v) is 12.4. The molecule has 5 heteroatoms. The summed E-state index contributed by atoms with van der Waals surface area (Å²) >= 11 is 0. The first-order valence-corrected chi connectivity index (χ1v) is 20.9. The zero-order valence-electron chi connectivity index (χ0n) is 33.8. The molecular formula is C57H37BN4. The van der Waals surface area contributed by atoms with Crippen LogP contribution in [0.4, 0.5) is 34.1 Å². The minimum Gasteiger partial charge on any atom is -0.311 e. The maximum absolute atomic E-state index is 10.4. The van der Waals surface area contributed by atoms with E-state index >= 15 is 0 Å². The van der Waals surface area contributed by atoms with Crippen LogP contribution < -0.4 is 26.2 Å². The molecule has 0 bridgehead atoms. The summed E-state index contributed by atoms with van der Waals surface area (Å²) < 4.78 is 0. The highest BCUT2D eigenvalue weighted by atomic mass is 15.2. The highest BCUT2D eigenvalue weighted by molar-refractivity contribution is 7.00. The molecule has 0 radical (unpaired) electrons. The molecule has 0 saturated heterocycles. The summed E-state index contributed by atoms with van der Waals surface area (Å²) in [5.41, 5.74) is 20.2. The van der Waals surface area contributed by atoms with E-state index in [2.05, 4.69) is 222 Å². The van der Waals surface area contributed by atoms with Crippen LogP contribution in [-0.2, 0) is 6.42 Å². The van der Waals surface area contributed by atoms with Gasteiger partial charge in [-0.15, -0.1) is 0 Å². The quantitative estimate of drug-likeness (QED) is 0.151. The molecular weight excluding hydrogens is 751 g/mol. The zero-order valence-corrected chi connectivity index (χ0v) is 33.8. The Labute approximate surface area is 362 Å². The van der Waals surface area contributed by atoms with Crippen molar-refractivity contribution < 1.29 is 0 Å². The number of nitrogens with zero attached hydrogens (tertiary/aromatic N) is 4. The lowest BCUT2D eigenvalue weighted by Gasteiger charge is -2.44. The summed E-state index contributed by atoms with van der Waals surface area (Å²) in [5.74, 6) is 0. The fourth-order valence-corrected chi connectivity index (χ4v) is 9.46. The second kappa shape index (κ2) is 15.3. The Kier molecular flexibility index (Phi) is 9.08. The van der Waals surface area contributed by atoms with Gasteiger partial charge in [-0.1, -0.05) is 164 Å². The van der Waals surface area contributed by atoms with E-state index in [-0.39, 0.29) is 13.1 Å². The molecule has 0 amide bonds. The summed E-state index contributed by atoms with van der Waals surface area (Å²) in [7, 11) is 0. The molecule has 0 atom stereocenters. The van der Waals surface area contributed by atoms with Crippen molar-refractivity contribution >= 4 is 57.2 Å². The van der Waals surface area contributed by atoms with Crippen molar-refractivity contribution in [2.24, 2.45) is 0 Å². The summed E-state index contributed by atoms with van der Waals surface area (Å²) in [5, 5.41) is 20.1. The second-order valence-corrected chi connectivity index (χ2v) is 15.9. The smallest absolute Gasteiger partial charge is 0.252 e. The van der Waals surface area contributed by atoms with Gasteiger partial charge in [0.1, 0.15) is 0 Å². The summed E-state index contributed by atoms with van der Waals surface area (Å²) in [6.07, 6.45) is 0.166. The summed E-state index contributed by atoms with van der Waals surface area (Å²) in [6, 6.07) is 80.4.